The second-order valence-electron chi connectivity index (χ2n) is 6.31. The third kappa shape index (κ3) is 3.86. The third-order valence-electron chi connectivity index (χ3n) is 4.46. The van der Waals surface area contributed by atoms with Crippen LogP contribution in [0.15, 0.2) is 63.5 Å². The van der Waals surface area contributed by atoms with Gasteiger partial charge in [0.25, 0.3) is 5.69 Å². The summed E-state index contributed by atoms with van der Waals surface area (Å²) in [7, 11) is -3.88. The normalized spacial score (nSPS) is 14.9. The molecule has 12 heteroatoms. The lowest BCUT2D eigenvalue weighted by Gasteiger charge is -2.17. The maximum atomic E-state index is 13.1. The quantitative estimate of drug-likeness (QED) is 0.430. The van der Waals surface area contributed by atoms with Crippen LogP contribution in [0.1, 0.15) is 12.8 Å². The molecule has 1 saturated heterocycles. The van der Waals surface area contributed by atoms with Crippen LogP contribution >= 0.6 is 11.8 Å². The number of sulfonamides is 1. The van der Waals surface area contributed by atoms with Crippen molar-refractivity contribution in [2.24, 2.45) is 0 Å². The molecule has 0 bridgehead atoms. The van der Waals surface area contributed by atoms with Crippen molar-refractivity contribution in [2.45, 2.75) is 27.8 Å². The molecule has 0 spiro atoms. The molecular formula is C17H16N6O4S2. The summed E-state index contributed by atoms with van der Waals surface area (Å²) >= 11 is 1.05. The predicted octanol–water partition coefficient (Wildman–Crippen LogP) is 2.51. The highest BCUT2D eigenvalue weighted by Crippen LogP contribution is 2.36. The molecule has 150 valence electrons. The van der Waals surface area contributed by atoms with E-state index in [1.807, 2.05) is 30.3 Å². The molecule has 29 heavy (non-hydrogen) atoms. The monoisotopic (exact) mass is 432 g/mol. The molecule has 1 aliphatic rings. The van der Waals surface area contributed by atoms with Crippen LogP contribution in [0.4, 0.5) is 5.69 Å². The number of hydrogen-bond donors (Lipinski definition) is 0. The van der Waals surface area contributed by atoms with E-state index < -0.39 is 14.9 Å². The number of hydrogen-bond acceptors (Lipinski definition) is 8. The summed E-state index contributed by atoms with van der Waals surface area (Å²) in [4.78, 5) is 10.8. The zero-order valence-electron chi connectivity index (χ0n) is 15.1. The van der Waals surface area contributed by atoms with Gasteiger partial charge < -0.3 is 0 Å². The van der Waals surface area contributed by atoms with Crippen molar-refractivity contribution < 1.29 is 13.3 Å². The molecule has 0 N–H and O–H groups in total. The van der Waals surface area contributed by atoms with E-state index in [9.17, 15) is 18.5 Å². The minimum absolute atomic E-state index is 0.110. The van der Waals surface area contributed by atoms with E-state index in [1.54, 1.807) is 0 Å². The van der Waals surface area contributed by atoms with E-state index in [2.05, 4.69) is 15.5 Å². The Morgan fingerprint density at radius 2 is 1.79 bits per heavy atom. The van der Waals surface area contributed by atoms with Crippen LogP contribution in [0, 0.1) is 10.1 Å². The maximum absolute atomic E-state index is 13.1. The lowest BCUT2D eigenvalue weighted by molar-refractivity contribution is -0.385. The highest BCUT2D eigenvalue weighted by atomic mass is 32.2. The van der Waals surface area contributed by atoms with E-state index in [1.165, 1.54) is 21.1 Å². The Morgan fingerprint density at radius 3 is 2.48 bits per heavy atom. The molecule has 1 aromatic heterocycles. The molecule has 4 rings (SSSR count). The molecule has 1 aliphatic heterocycles. The van der Waals surface area contributed by atoms with E-state index in [0.29, 0.717) is 28.8 Å². The van der Waals surface area contributed by atoms with Gasteiger partial charge in [0.05, 0.1) is 10.6 Å². The van der Waals surface area contributed by atoms with Crippen LogP contribution < -0.4 is 0 Å². The first-order chi connectivity index (χ1) is 14.0. The van der Waals surface area contributed by atoms with Crippen LogP contribution in [-0.4, -0.2) is 50.9 Å². The summed E-state index contributed by atoms with van der Waals surface area (Å²) < 4.78 is 29.1. The Kier molecular flexibility index (Phi) is 5.30. The Balaban J connectivity index is 1.77. The number of nitro benzene ring substituents is 1. The molecule has 0 amide bonds. The van der Waals surface area contributed by atoms with Gasteiger partial charge in [0.1, 0.15) is 4.90 Å². The van der Waals surface area contributed by atoms with E-state index in [-0.39, 0.29) is 10.6 Å². The SMILES string of the molecule is O=[N+]([O-])c1ccc(Sc2nnnn2-c2ccccc2)c(S(=O)(=O)N2CCCC2)c1. The van der Waals surface area contributed by atoms with Crippen molar-refractivity contribution in [3.05, 3.63) is 58.6 Å². The fourth-order valence-electron chi connectivity index (χ4n) is 3.04. The van der Waals surface area contributed by atoms with Gasteiger partial charge in [-0.2, -0.15) is 8.99 Å². The van der Waals surface area contributed by atoms with E-state index in [0.717, 1.165) is 30.7 Å². The fraction of sp³-hybridized carbons (Fsp3) is 0.235. The Hall–Kier alpha value is -2.83. The Bertz CT molecular complexity index is 1140. The molecule has 0 unspecified atom stereocenters. The second-order valence-corrected chi connectivity index (χ2v) is 9.23. The second kappa shape index (κ2) is 7.89. The molecule has 2 heterocycles. The minimum atomic E-state index is -3.88. The molecular weight excluding hydrogens is 416 g/mol. The molecule has 0 saturated carbocycles. The van der Waals surface area contributed by atoms with Crippen molar-refractivity contribution in [3.8, 4) is 5.69 Å². The van der Waals surface area contributed by atoms with Crippen LogP contribution in [-0.2, 0) is 10.0 Å². The first-order valence-electron chi connectivity index (χ1n) is 8.77. The van der Waals surface area contributed by atoms with Crippen molar-refractivity contribution >= 4 is 27.5 Å². The van der Waals surface area contributed by atoms with Crippen LogP contribution in [0.2, 0.25) is 0 Å². The third-order valence-corrected chi connectivity index (χ3v) is 7.54. The van der Waals surface area contributed by atoms with Gasteiger partial charge in [0.2, 0.25) is 15.2 Å². The average molecular weight is 432 g/mol. The van der Waals surface area contributed by atoms with E-state index in [4.69, 9.17) is 0 Å². The van der Waals surface area contributed by atoms with Crippen LogP contribution in [0.5, 0.6) is 0 Å². The number of aromatic nitrogens is 4. The molecule has 1 fully saturated rings. The van der Waals surface area contributed by atoms with Crippen molar-refractivity contribution in [2.75, 3.05) is 13.1 Å². The first kappa shape index (κ1) is 19.5. The summed E-state index contributed by atoms with van der Waals surface area (Å²) in [5.74, 6) is 0. The van der Waals surface area contributed by atoms with Gasteiger partial charge in [-0.3, -0.25) is 10.1 Å². The van der Waals surface area contributed by atoms with Crippen molar-refractivity contribution in [1.82, 2.24) is 24.5 Å². The number of non-ortho nitro benzene ring substituents is 1. The topological polar surface area (TPSA) is 124 Å². The molecule has 2 aromatic carbocycles. The highest BCUT2D eigenvalue weighted by Gasteiger charge is 2.31. The van der Waals surface area contributed by atoms with E-state index >= 15 is 0 Å². The van der Waals surface area contributed by atoms with Crippen molar-refractivity contribution in [1.29, 1.82) is 0 Å². The zero-order chi connectivity index (χ0) is 20.4. The summed E-state index contributed by atoms with van der Waals surface area (Å²) in [5, 5.41) is 23.2. The number of nitrogens with zero attached hydrogens (tertiary/aromatic N) is 6. The molecule has 10 nitrogen and oxygen atoms in total. The van der Waals surface area contributed by atoms with Crippen molar-refractivity contribution in [3.63, 3.8) is 0 Å². The smallest absolute Gasteiger partial charge is 0.258 e. The van der Waals surface area contributed by atoms with Crippen LogP contribution in [0.3, 0.4) is 0 Å². The Labute approximate surface area is 170 Å². The largest absolute Gasteiger partial charge is 0.270 e. The molecule has 0 atom stereocenters. The number of nitro groups is 1. The summed E-state index contributed by atoms with van der Waals surface area (Å²) in [5.41, 5.74) is 0.431. The maximum Gasteiger partial charge on any atom is 0.270 e. The molecule has 0 aliphatic carbocycles. The van der Waals surface area contributed by atoms with Gasteiger partial charge in [-0.15, -0.1) is 5.10 Å². The van der Waals surface area contributed by atoms with Gasteiger partial charge in [-0.05, 0) is 53.2 Å². The van der Waals surface area contributed by atoms with Gasteiger partial charge in [-0.25, -0.2) is 8.42 Å². The minimum Gasteiger partial charge on any atom is -0.258 e. The number of rotatable bonds is 6. The summed E-state index contributed by atoms with van der Waals surface area (Å²) in [6.07, 6.45) is 1.53. The highest BCUT2D eigenvalue weighted by molar-refractivity contribution is 8.00. The van der Waals surface area contributed by atoms with Gasteiger partial charge in [0, 0.05) is 30.1 Å². The average Bonchev–Trinajstić information content (AvgIpc) is 3.41. The van der Waals surface area contributed by atoms with Gasteiger partial charge in [0.15, 0.2) is 0 Å². The number of tetrazole rings is 1. The molecule has 0 radical (unpaired) electrons. The summed E-state index contributed by atoms with van der Waals surface area (Å²) in [6, 6.07) is 13.0. The van der Waals surface area contributed by atoms with Gasteiger partial charge >= 0.3 is 0 Å². The van der Waals surface area contributed by atoms with Crippen LogP contribution in [0.25, 0.3) is 5.69 Å². The first-order valence-corrected chi connectivity index (χ1v) is 11.0. The van der Waals surface area contributed by atoms with Gasteiger partial charge in [-0.1, -0.05) is 18.2 Å². The Morgan fingerprint density at radius 1 is 1.07 bits per heavy atom. The fourth-order valence-corrected chi connectivity index (χ4v) is 5.88. The predicted molar refractivity (Wildman–Crippen MR) is 104 cm³/mol. The standard InChI is InChI=1S/C17H16N6O4S2/c24-23(25)14-8-9-15(16(12-14)29(26,27)21-10-4-5-11-21)28-17-18-19-20-22(17)13-6-2-1-3-7-13/h1-3,6-9,12H,4-5,10-11H2. The lowest BCUT2D eigenvalue weighted by Crippen LogP contribution is -2.28. The number of benzene rings is 2. The molecule has 3 aromatic rings. The lowest BCUT2D eigenvalue weighted by atomic mass is 10.3. The number of para-hydroxylation sites is 1. The zero-order valence-corrected chi connectivity index (χ0v) is 16.7. The summed E-state index contributed by atoms with van der Waals surface area (Å²) in [6.45, 7) is 0.799.